The summed E-state index contributed by atoms with van der Waals surface area (Å²) in [6.07, 6.45) is 7.64. The number of hydrogen-bond donors (Lipinski definition) is 0. The van der Waals surface area contributed by atoms with Gasteiger partial charge in [-0.1, -0.05) is 12.2 Å². The second-order valence-corrected chi connectivity index (χ2v) is 3.25. The summed E-state index contributed by atoms with van der Waals surface area (Å²) in [6, 6.07) is 0. The van der Waals surface area contributed by atoms with E-state index in [0.717, 1.165) is 16.8 Å². The van der Waals surface area contributed by atoms with Crippen molar-refractivity contribution < 1.29 is 4.39 Å². The molecule has 2 heteroatoms. The average Bonchev–Trinajstić information content (AvgIpc) is 2.18. The molecule has 0 saturated carbocycles. The first-order valence-electron chi connectivity index (χ1n) is 4.52. The second-order valence-electron chi connectivity index (χ2n) is 3.25. The van der Waals surface area contributed by atoms with Crippen LogP contribution in [-0.2, 0) is 0 Å². The SMILES string of the molecule is C=N/C(C)=C\C(C)=C1/CC=CC=C1F. The van der Waals surface area contributed by atoms with Gasteiger partial charge in [-0.15, -0.1) is 0 Å². The standard InChI is InChI=1S/C12H14FN/c1-9(8-10(2)14-3)11-6-4-5-7-12(11)13/h4-5,7-8H,3,6H2,1-2H3/b10-8-,11-9+. The number of aliphatic imine (C=N–C) groups is 1. The summed E-state index contributed by atoms with van der Waals surface area (Å²) >= 11 is 0. The van der Waals surface area contributed by atoms with Crippen LogP contribution < -0.4 is 0 Å². The van der Waals surface area contributed by atoms with E-state index in [1.54, 1.807) is 6.08 Å². The minimum Gasteiger partial charge on any atom is -0.269 e. The van der Waals surface area contributed by atoms with Gasteiger partial charge in [0.25, 0.3) is 0 Å². The van der Waals surface area contributed by atoms with Crippen molar-refractivity contribution in [3.8, 4) is 0 Å². The van der Waals surface area contributed by atoms with Crippen molar-refractivity contribution in [2.45, 2.75) is 20.3 Å². The normalized spacial score (nSPS) is 20.5. The van der Waals surface area contributed by atoms with Crippen LogP contribution in [0.25, 0.3) is 0 Å². The zero-order valence-corrected chi connectivity index (χ0v) is 8.55. The lowest BCUT2D eigenvalue weighted by Crippen LogP contribution is -1.91. The Balaban J connectivity index is 3.00. The quantitative estimate of drug-likeness (QED) is 0.590. The summed E-state index contributed by atoms with van der Waals surface area (Å²) in [5, 5.41) is 0. The van der Waals surface area contributed by atoms with Gasteiger partial charge >= 0.3 is 0 Å². The maximum absolute atomic E-state index is 13.3. The molecule has 0 aliphatic heterocycles. The van der Waals surface area contributed by atoms with Gasteiger partial charge in [-0.2, -0.15) is 0 Å². The summed E-state index contributed by atoms with van der Waals surface area (Å²) in [4.78, 5) is 3.77. The highest BCUT2D eigenvalue weighted by Crippen LogP contribution is 2.25. The molecule has 0 fully saturated rings. The molecule has 1 aliphatic carbocycles. The van der Waals surface area contributed by atoms with Crippen LogP contribution in [0.1, 0.15) is 20.3 Å². The van der Waals surface area contributed by atoms with Crippen LogP contribution in [0.2, 0.25) is 0 Å². The molecule has 0 N–H and O–H groups in total. The molecule has 0 amide bonds. The molecule has 0 unspecified atom stereocenters. The Morgan fingerprint density at radius 3 is 2.86 bits per heavy atom. The molecule has 1 aliphatic rings. The van der Waals surface area contributed by atoms with E-state index >= 15 is 0 Å². The molecule has 0 spiro atoms. The molecule has 0 radical (unpaired) electrons. The summed E-state index contributed by atoms with van der Waals surface area (Å²) in [7, 11) is 0. The molecule has 0 aromatic rings. The van der Waals surface area contributed by atoms with Gasteiger partial charge in [-0.25, -0.2) is 4.39 Å². The second kappa shape index (κ2) is 4.70. The molecule has 0 atom stereocenters. The van der Waals surface area contributed by atoms with Gasteiger partial charge in [-0.3, -0.25) is 4.99 Å². The van der Waals surface area contributed by atoms with E-state index in [-0.39, 0.29) is 5.83 Å². The Bertz CT molecular complexity index is 357. The number of halogens is 1. The topological polar surface area (TPSA) is 12.4 Å². The van der Waals surface area contributed by atoms with Crippen LogP contribution in [0.3, 0.4) is 0 Å². The van der Waals surface area contributed by atoms with E-state index in [2.05, 4.69) is 11.7 Å². The van der Waals surface area contributed by atoms with Crippen LogP contribution in [0.15, 0.2) is 52.0 Å². The molecule has 0 heterocycles. The molecule has 74 valence electrons. The van der Waals surface area contributed by atoms with Crippen molar-refractivity contribution in [2.75, 3.05) is 0 Å². The Hall–Kier alpha value is -1.44. The van der Waals surface area contributed by atoms with E-state index in [1.165, 1.54) is 6.08 Å². The summed E-state index contributed by atoms with van der Waals surface area (Å²) in [6.45, 7) is 7.14. The van der Waals surface area contributed by atoms with E-state index in [4.69, 9.17) is 0 Å². The minimum absolute atomic E-state index is 0.155. The Labute approximate surface area is 84.1 Å². The molecule has 1 rings (SSSR count). The molecule has 0 bridgehead atoms. The highest BCUT2D eigenvalue weighted by Gasteiger charge is 2.08. The Morgan fingerprint density at radius 2 is 2.29 bits per heavy atom. The van der Waals surface area contributed by atoms with Crippen molar-refractivity contribution in [3.05, 3.63) is 47.0 Å². The van der Waals surface area contributed by atoms with Crippen molar-refractivity contribution in [1.29, 1.82) is 0 Å². The monoisotopic (exact) mass is 191 g/mol. The van der Waals surface area contributed by atoms with Crippen LogP contribution in [0.4, 0.5) is 4.39 Å². The Morgan fingerprint density at radius 1 is 1.57 bits per heavy atom. The van der Waals surface area contributed by atoms with E-state index in [1.807, 2.05) is 26.0 Å². The van der Waals surface area contributed by atoms with E-state index < -0.39 is 0 Å². The van der Waals surface area contributed by atoms with Gasteiger partial charge in [0.05, 0.1) is 0 Å². The van der Waals surface area contributed by atoms with E-state index in [9.17, 15) is 4.39 Å². The van der Waals surface area contributed by atoms with Crippen molar-refractivity contribution in [3.63, 3.8) is 0 Å². The third-order valence-corrected chi connectivity index (χ3v) is 2.14. The molecule has 0 saturated heterocycles. The van der Waals surface area contributed by atoms with Crippen LogP contribution in [0, 0.1) is 0 Å². The van der Waals surface area contributed by atoms with Crippen LogP contribution in [-0.4, -0.2) is 6.72 Å². The van der Waals surface area contributed by atoms with Gasteiger partial charge in [0.1, 0.15) is 5.83 Å². The predicted molar refractivity (Wildman–Crippen MR) is 59.0 cm³/mol. The number of hydrogen-bond acceptors (Lipinski definition) is 1. The predicted octanol–water partition coefficient (Wildman–Crippen LogP) is 3.72. The number of allylic oxidation sites excluding steroid dienone is 8. The average molecular weight is 191 g/mol. The van der Waals surface area contributed by atoms with Crippen molar-refractivity contribution in [2.24, 2.45) is 4.99 Å². The summed E-state index contributed by atoms with van der Waals surface area (Å²) < 4.78 is 13.3. The third-order valence-electron chi connectivity index (χ3n) is 2.14. The molecule has 14 heavy (non-hydrogen) atoms. The number of nitrogens with zero attached hydrogens (tertiary/aromatic N) is 1. The van der Waals surface area contributed by atoms with Gasteiger partial charge in [0, 0.05) is 5.70 Å². The molecular formula is C12H14FN. The summed E-state index contributed by atoms with van der Waals surface area (Å²) in [5.74, 6) is -0.155. The minimum atomic E-state index is -0.155. The highest BCUT2D eigenvalue weighted by molar-refractivity contribution is 5.42. The van der Waals surface area contributed by atoms with Gasteiger partial charge in [0.15, 0.2) is 0 Å². The molecular weight excluding hydrogens is 177 g/mol. The largest absolute Gasteiger partial charge is 0.269 e. The molecule has 0 aromatic heterocycles. The lowest BCUT2D eigenvalue weighted by Gasteiger charge is -2.08. The van der Waals surface area contributed by atoms with Crippen molar-refractivity contribution >= 4 is 6.72 Å². The fraction of sp³-hybridized carbons (Fsp3) is 0.250. The first-order valence-corrected chi connectivity index (χ1v) is 4.52. The van der Waals surface area contributed by atoms with Crippen molar-refractivity contribution in [1.82, 2.24) is 0 Å². The zero-order valence-electron chi connectivity index (χ0n) is 8.55. The smallest absolute Gasteiger partial charge is 0.126 e. The lowest BCUT2D eigenvalue weighted by atomic mass is 10.0. The first kappa shape index (κ1) is 10.6. The van der Waals surface area contributed by atoms with Gasteiger partial charge < -0.3 is 0 Å². The zero-order chi connectivity index (χ0) is 10.6. The number of rotatable bonds is 2. The highest BCUT2D eigenvalue weighted by atomic mass is 19.1. The molecule has 0 aromatic carbocycles. The third kappa shape index (κ3) is 2.52. The van der Waals surface area contributed by atoms with Gasteiger partial charge in [0.2, 0.25) is 0 Å². The van der Waals surface area contributed by atoms with Crippen LogP contribution in [0.5, 0.6) is 0 Å². The fourth-order valence-electron chi connectivity index (χ4n) is 1.33. The lowest BCUT2D eigenvalue weighted by molar-refractivity contribution is 0.641. The maximum atomic E-state index is 13.3. The summed E-state index contributed by atoms with van der Waals surface area (Å²) in [5.41, 5.74) is 2.45. The Kier molecular flexibility index (Phi) is 3.57. The fourth-order valence-corrected chi connectivity index (χ4v) is 1.33. The van der Waals surface area contributed by atoms with Gasteiger partial charge in [-0.05, 0) is 50.3 Å². The first-order chi connectivity index (χ1) is 6.65. The molecule has 1 nitrogen and oxygen atoms in total. The maximum Gasteiger partial charge on any atom is 0.126 e. The van der Waals surface area contributed by atoms with Crippen LogP contribution >= 0.6 is 0 Å². The van der Waals surface area contributed by atoms with E-state index in [0.29, 0.717) is 6.42 Å².